The second-order valence-corrected chi connectivity index (χ2v) is 6.53. The highest BCUT2D eigenvalue weighted by atomic mass is 79.9. The Balaban J connectivity index is 1.98. The lowest BCUT2D eigenvalue weighted by atomic mass is 9.98. The van der Waals surface area contributed by atoms with Crippen LogP contribution in [0.5, 0.6) is 5.75 Å². The molecule has 3 nitrogen and oxygen atoms in total. The van der Waals surface area contributed by atoms with Gasteiger partial charge in [-0.3, -0.25) is 4.79 Å². The van der Waals surface area contributed by atoms with Crippen LogP contribution in [0.1, 0.15) is 50.7 Å². The van der Waals surface area contributed by atoms with Gasteiger partial charge >= 0.3 is 0 Å². The van der Waals surface area contributed by atoms with Crippen LogP contribution in [0.2, 0.25) is 0 Å². The fraction of sp³-hybridized carbons (Fsp3) is 0.588. The largest absolute Gasteiger partial charge is 0.493 e. The lowest BCUT2D eigenvalue weighted by Gasteiger charge is -2.16. The van der Waals surface area contributed by atoms with Crippen LogP contribution in [-0.4, -0.2) is 12.5 Å². The van der Waals surface area contributed by atoms with E-state index in [9.17, 15) is 4.79 Å². The summed E-state index contributed by atoms with van der Waals surface area (Å²) in [4.78, 5) is 12.3. The highest BCUT2D eigenvalue weighted by Gasteiger charge is 2.19. The van der Waals surface area contributed by atoms with E-state index in [0.717, 1.165) is 54.5 Å². The summed E-state index contributed by atoms with van der Waals surface area (Å²) in [5.74, 6) is 1.25. The number of benzene rings is 1. The quantitative estimate of drug-likeness (QED) is 0.796. The number of halogens is 1. The van der Waals surface area contributed by atoms with Crippen molar-refractivity contribution in [2.24, 2.45) is 5.92 Å². The van der Waals surface area contributed by atoms with E-state index >= 15 is 0 Å². The zero-order chi connectivity index (χ0) is 15.2. The minimum absolute atomic E-state index is 0.131. The molecule has 1 aliphatic rings. The molecule has 1 amide bonds. The van der Waals surface area contributed by atoms with E-state index in [4.69, 9.17) is 4.74 Å². The van der Waals surface area contributed by atoms with Crippen molar-refractivity contribution >= 4 is 21.8 Å². The molecule has 1 N–H and O–H groups in total. The molecule has 0 saturated heterocycles. The van der Waals surface area contributed by atoms with Crippen LogP contribution in [0.4, 0.5) is 0 Å². The van der Waals surface area contributed by atoms with Crippen molar-refractivity contribution in [1.82, 2.24) is 5.32 Å². The highest BCUT2D eigenvalue weighted by molar-refractivity contribution is 9.10. The Morgan fingerprint density at radius 3 is 2.95 bits per heavy atom. The first-order chi connectivity index (χ1) is 10.2. The molecule has 1 aromatic rings. The van der Waals surface area contributed by atoms with E-state index < -0.39 is 0 Å². The number of amides is 1. The lowest BCUT2D eigenvalue weighted by molar-refractivity contribution is -0.125. The van der Waals surface area contributed by atoms with E-state index in [1.807, 2.05) is 6.07 Å². The van der Waals surface area contributed by atoms with Crippen LogP contribution in [0.3, 0.4) is 0 Å². The molecule has 21 heavy (non-hydrogen) atoms. The van der Waals surface area contributed by atoms with Crippen LogP contribution >= 0.6 is 15.9 Å². The molecule has 1 heterocycles. The Labute approximate surface area is 135 Å². The summed E-state index contributed by atoms with van der Waals surface area (Å²) in [6.07, 6.45) is 5.08. The molecule has 0 aliphatic carbocycles. The monoisotopic (exact) mass is 353 g/mol. The Morgan fingerprint density at radius 2 is 2.24 bits per heavy atom. The number of hydrogen-bond donors (Lipinski definition) is 1. The van der Waals surface area contributed by atoms with Gasteiger partial charge in [0.05, 0.1) is 6.61 Å². The summed E-state index contributed by atoms with van der Waals surface area (Å²) in [7, 11) is 0. The van der Waals surface area contributed by atoms with Crippen molar-refractivity contribution in [3.8, 4) is 5.75 Å². The van der Waals surface area contributed by atoms with Crippen molar-refractivity contribution in [2.45, 2.75) is 52.5 Å². The zero-order valence-electron chi connectivity index (χ0n) is 12.9. The van der Waals surface area contributed by atoms with Crippen LogP contribution in [0.25, 0.3) is 0 Å². The maximum absolute atomic E-state index is 12.3. The minimum Gasteiger partial charge on any atom is -0.493 e. The summed E-state index contributed by atoms with van der Waals surface area (Å²) in [5, 5.41) is 3.08. The fourth-order valence-corrected chi connectivity index (χ4v) is 3.33. The topological polar surface area (TPSA) is 38.3 Å². The van der Waals surface area contributed by atoms with Crippen LogP contribution in [0, 0.1) is 5.92 Å². The van der Waals surface area contributed by atoms with E-state index in [-0.39, 0.29) is 11.8 Å². The Hall–Kier alpha value is -1.03. The molecule has 1 atom stereocenters. The van der Waals surface area contributed by atoms with Crippen LogP contribution < -0.4 is 10.1 Å². The molecule has 1 aliphatic heterocycles. The summed E-state index contributed by atoms with van der Waals surface area (Å²) < 4.78 is 6.75. The number of hydrogen-bond acceptors (Lipinski definition) is 2. The van der Waals surface area contributed by atoms with Gasteiger partial charge in [-0.05, 0) is 30.5 Å². The predicted octanol–water partition coefficient (Wildman–Crippen LogP) is 4.22. The molecule has 0 radical (unpaired) electrons. The Morgan fingerprint density at radius 1 is 1.43 bits per heavy atom. The minimum atomic E-state index is 0.131. The normalized spacial score (nSPS) is 14.4. The van der Waals surface area contributed by atoms with Crippen molar-refractivity contribution in [3.05, 3.63) is 27.7 Å². The molecule has 116 valence electrons. The third kappa shape index (κ3) is 4.22. The van der Waals surface area contributed by atoms with Crippen molar-refractivity contribution < 1.29 is 9.53 Å². The third-order valence-electron chi connectivity index (χ3n) is 4.05. The van der Waals surface area contributed by atoms with Gasteiger partial charge in [-0.1, -0.05) is 42.6 Å². The van der Waals surface area contributed by atoms with Gasteiger partial charge in [-0.25, -0.2) is 0 Å². The summed E-state index contributed by atoms with van der Waals surface area (Å²) in [6.45, 7) is 5.52. The van der Waals surface area contributed by atoms with E-state index in [1.165, 1.54) is 5.56 Å². The maximum atomic E-state index is 12.3. The average molecular weight is 354 g/mol. The number of nitrogens with one attached hydrogen (secondary N) is 1. The summed E-state index contributed by atoms with van der Waals surface area (Å²) in [6, 6.07) is 4.14. The van der Waals surface area contributed by atoms with Gasteiger partial charge in [-0.15, -0.1) is 0 Å². The third-order valence-corrected chi connectivity index (χ3v) is 4.51. The summed E-state index contributed by atoms with van der Waals surface area (Å²) >= 11 is 3.53. The smallest absolute Gasteiger partial charge is 0.223 e. The zero-order valence-corrected chi connectivity index (χ0v) is 14.5. The second-order valence-electron chi connectivity index (χ2n) is 5.62. The molecule has 0 bridgehead atoms. The second kappa shape index (κ2) is 7.83. The summed E-state index contributed by atoms with van der Waals surface area (Å²) in [5.41, 5.74) is 2.29. The van der Waals surface area contributed by atoms with Gasteiger partial charge in [0.1, 0.15) is 5.75 Å². The van der Waals surface area contributed by atoms with E-state index in [0.29, 0.717) is 6.54 Å². The number of rotatable bonds is 7. The molecule has 2 rings (SSSR count). The van der Waals surface area contributed by atoms with Crippen LogP contribution in [-0.2, 0) is 17.8 Å². The van der Waals surface area contributed by atoms with E-state index in [1.54, 1.807) is 0 Å². The first-order valence-electron chi connectivity index (χ1n) is 7.87. The van der Waals surface area contributed by atoms with Gasteiger partial charge in [0, 0.05) is 28.9 Å². The van der Waals surface area contributed by atoms with Crippen molar-refractivity contribution in [1.29, 1.82) is 0 Å². The molecule has 1 aromatic carbocycles. The number of carbonyl (C=O) groups is 1. The Kier molecular flexibility index (Phi) is 6.09. The standard InChI is InChI=1S/C17H24BrNO2/c1-3-5-6-12(4-2)17(20)19-11-14-10-15(18)9-13-7-8-21-16(13)14/h9-10,12H,3-8,11H2,1-2H3,(H,19,20). The van der Waals surface area contributed by atoms with Gasteiger partial charge in [-0.2, -0.15) is 0 Å². The first-order valence-corrected chi connectivity index (χ1v) is 8.66. The number of unbranched alkanes of at least 4 members (excludes halogenated alkanes) is 1. The highest BCUT2D eigenvalue weighted by Crippen LogP contribution is 2.32. The van der Waals surface area contributed by atoms with Gasteiger partial charge in [0.2, 0.25) is 5.91 Å². The van der Waals surface area contributed by atoms with Crippen molar-refractivity contribution in [2.75, 3.05) is 6.61 Å². The SMILES string of the molecule is CCCCC(CC)C(=O)NCc1cc(Br)cc2c1OCC2. The molecule has 1 unspecified atom stereocenters. The maximum Gasteiger partial charge on any atom is 0.223 e. The lowest BCUT2D eigenvalue weighted by Crippen LogP contribution is -2.30. The fourth-order valence-electron chi connectivity index (χ4n) is 2.78. The first kappa shape index (κ1) is 16.3. The molecule has 4 heteroatoms. The van der Waals surface area contributed by atoms with Gasteiger partial charge in [0.25, 0.3) is 0 Å². The van der Waals surface area contributed by atoms with Crippen LogP contribution in [0.15, 0.2) is 16.6 Å². The Bertz CT molecular complexity index is 502. The number of carbonyl (C=O) groups excluding carboxylic acids is 1. The van der Waals surface area contributed by atoms with Gasteiger partial charge < -0.3 is 10.1 Å². The number of ether oxygens (including phenoxy) is 1. The van der Waals surface area contributed by atoms with Gasteiger partial charge in [0.15, 0.2) is 0 Å². The predicted molar refractivity (Wildman–Crippen MR) is 88.5 cm³/mol. The number of fused-ring (bicyclic) bond motifs is 1. The molecule has 0 spiro atoms. The molecule has 0 saturated carbocycles. The van der Waals surface area contributed by atoms with E-state index in [2.05, 4.69) is 41.2 Å². The molecular formula is C17H24BrNO2. The molecule has 0 aromatic heterocycles. The molecular weight excluding hydrogens is 330 g/mol. The van der Waals surface area contributed by atoms with Crippen molar-refractivity contribution in [3.63, 3.8) is 0 Å². The molecule has 0 fully saturated rings. The average Bonchev–Trinajstić information content (AvgIpc) is 2.93.